The molecule has 0 amide bonds. The lowest BCUT2D eigenvalue weighted by Gasteiger charge is -2.21. The molecular formula is C12H11N3O6S. The maximum absolute atomic E-state index is 12.6. The number of carbonyl (C=O) groups is 1. The Labute approximate surface area is 125 Å². The van der Waals surface area contributed by atoms with Crippen LogP contribution in [-0.2, 0) is 14.8 Å². The first-order valence-corrected chi connectivity index (χ1v) is 7.67. The molecule has 1 aromatic rings. The van der Waals surface area contributed by atoms with Gasteiger partial charge in [0.2, 0.25) is 10.0 Å². The van der Waals surface area contributed by atoms with E-state index in [0.29, 0.717) is 6.42 Å². The zero-order chi connectivity index (χ0) is 16.5. The van der Waals surface area contributed by atoms with Crippen LogP contribution in [0.4, 0.5) is 5.69 Å². The van der Waals surface area contributed by atoms with Gasteiger partial charge in [-0.3, -0.25) is 14.9 Å². The standard InChI is InChI=1S/C12H11N3O6S/c13-7-8-9(15(18)19)3-1-5-11(8)22(20,21)14-6-2-4-10(14)12(16)17/h1,3,5,10H,2,4,6H2,(H,16,17)/t10-/m1/s1. The number of nitro benzene ring substituents is 1. The molecule has 0 spiro atoms. The molecule has 1 fully saturated rings. The van der Waals surface area contributed by atoms with Crippen LogP contribution in [0.3, 0.4) is 0 Å². The predicted octanol–water partition coefficient (Wildman–Crippen LogP) is 0.704. The third-order valence-corrected chi connectivity index (χ3v) is 5.34. The molecule has 1 saturated heterocycles. The van der Waals surface area contributed by atoms with E-state index in [1.54, 1.807) is 0 Å². The quantitative estimate of drug-likeness (QED) is 0.634. The first-order valence-electron chi connectivity index (χ1n) is 6.23. The lowest BCUT2D eigenvalue weighted by Crippen LogP contribution is -2.40. The van der Waals surface area contributed by atoms with Crippen molar-refractivity contribution in [2.45, 2.75) is 23.8 Å². The molecule has 10 heteroatoms. The van der Waals surface area contributed by atoms with Gasteiger partial charge in [-0.15, -0.1) is 0 Å². The van der Waals surface area contributed by atoms with E-state index >= 15 is 0 Å². The fourth-order valence-electron chi connectivity index (χ4n) is 2.40. The summed E-state index contributed by atoms with van der Waals surface area (Å²) in [4.78, 5) is 20.7. The molecule has 1 aliphatic heterocycles. The van der Waals surface area contributed by atoms with Crippen molar-refractivity contribution in [2.75, 3.05) is 6.54 Å². The molecule has 116 valence electrons. The van der Waals surface area contributed by atoms with Crippen molar-refractivity contribution < 1.29 is 23.2 Å². The lowest BCUT2D eigenvalue weighted by molar-refractivity contribution is -0.385. The summed E-state index contributed by atoms with van der Waals surface area (Å²) in [6.45, 7) is -0.00708. The molecule has 1 aromatic carbocycles. The highest BCUT2D eigenvalue weighted by molar-refractivity contribution is 7.89. The van der Waals surface area contributed by atoms with E-state index in [0.717, 1.165) is 22.5 Å². The van der Waals surface area contributed by atoms with Gasteiger partial charge in [-0.1, -0.05) is 6.07 Å². The van der Waals surface area contributed by atoms with E-state index in [-0.39, 0.29) is 13.0 Å². The zero-order valence-corrected chi connectivity index (χ0v) is 12.0. The Morgan fingerprint density at radius 1 is 1.50 bits per heavy atom. The van der Waals surface area contributed by atoms with Crippen LogP contribution in [0.2, 0.25) is 0 Å². The highest BCUT2D eigenvalue weighted by Crippen LogP contribution is 2.31. The molecule has 0 radical (unpaired) electrons. The number of rotatable bonds is 4. The van der Waals surface area contributed by atoms with E-state index in [2.05, 4.69) is 0 Å². The Kier molecular flexibility index (Phi) is 4.11. The highest BCUT2D eigenvalue weighted by atomic mass is 32.2. The average molecular weight is 325 g/mol. The van der Waals surface area contributed by atoms with E-state index in [4.69, 9.17) is 10.4 Å². The summed E-state index contributed by atoms with van der Waals surface area (Å²) in [7, 11) is -4.31. The Bertz CT molecular complexity index is 783. The third kappa shape index (κ3) is 2.51. The van der Waals surface area contributed by atoms with Gasteiger partial charge in [0.1, 0.15) is 22.6 Å². The molecule has 0 bridgehead atoms. The molecule has 1 aliphatic rings. The normalized spacial score (nSPS) is 18.8. The summed E-state index contributed by atoms with van der Waals surface area (Å²) in [6.07, 6.45) is 0.526. The van der Waals surface area contributed by atoms with Gasteiger partial charge >= 0.3 is 5.97 Å². The minimum Gasteiger partial charge on any atom is -0.480 e. The largest absolute Gasteiger partial charge is 0.480 e. The fraction of sp³-hybridized carbons (Fsp3) is 0.333. The van der Waals surface area contributed by atoms with E-state index in [1.165, 1.54) is 6.07 Å². The zero-order valence-electron chi connectivity index (χ0n) is 11.2. The van der Waals surface area contributed by atoms with Gasteiger partial charge in [-0.25, -0.2) is 8.42 Å². The average Bonchev–Trinajstić information content (AvgIpc) is 2.96. The number of carboxylic acid groups (broad SMARTS) is 1. The Balaban J connectivity index is 2.60. The molecule has 1 heterocycles. The van der Waals surface area contributed by atoms with Crippen LogP contribution in [0.1, 0.15) is 18.4 Å². The van der Waals surface area contributed by atoms with Gasteiger partial charge in [-0.05, 0) is 18.9 Å². The molecule has 0 aliphatic carbocycles. The number of sulfonamides is 1. The molecule has 22 heavy (non-hydrogen) atoms. The smallest absolute Gasteiger partial charge is 0.322 e. The van der Waals surface area contributed by atoms with Gasteiger partial charge in [0, 0.05) is 12.6 Å². The van der Waals surface area contributed by atoms with Crippen molar-refractivity contribution in [1.29, 1.82) is 5.26 Å². The molecule has 1 atom stereocenters. The maximum atomic E-state index is 12.6. The van der Waals surface area contributed by atoms with E-state index in [9.17, 15) is 23.3 Å². The second-order valence-corrected chi connectivity index (χ2v) is 6.49. The second-order valence-electron chi connectivity index (χ2n) is 4.63. The van der Waals surface area contributed by atoms with Gasteiger partial charge in [0.25, 0.3) is 5.69 Å². The molecule has 1 N–H and O–H groups in total. The molecule has 9 nitrogen and oxygen atoms in total. The first-order chi connectivity index (χ1) is 10.3. The summed E-state index contributed by atoms with van der Waals surface area (Å²) in [5.74, 6) is -1.29. The molecule has 0 saturated carbocycles. The summed E-state index contributed by atoms with van der Waals surface area (Å²) in [6, 6.07) is 3.54. The number of nitrogens with zero attached hydrogens (tertiary/aromatic N) is 3. The Morgan fingerprint density at radius 2 is 2.18 bits per heavy atom. The van der Waals surface area contributed by atoms with Crippen molar-refractivity contribution in [3.05, 3.63) is 33.9 Å². The Morgan fingerprint density at radius 3 is 2.73 bits per heavy atom. The molecule has 2 rings (SSSR count). The predicted molar refractivity (Wildman–Crippen MR) is 72.4 cm³/mol. The monoisotopic (exact) mass is 325 g/mol. The number of nitro groups is 1. The molecular weight excluding hydrogens is 314 g/mol. The number of carboxylic acids is 1. The number of nitriles is 1. The summed E-state index contributed by atoms with van der Waals surface area (Å²) in [5.41, 5.74) is -1.22. The van der Waals surface area contributed by atoms with Crippen molar-refractivity contribution in [3.8, 4) is 6.07 Å². The first kappa shape index (κ1) is 15.9. The maximum Gasteiger partial charge on any atom is 0.322 e. The van der Waals surface area contributed by atoms with Crippen LogP contribution in [0, 0.1) is 21.4 Å². The minimum absolute atomic E-state index is 0.00708. The SMILES string of the molecule is N#Cc1c([N+](=O)[O-])cccc1S(=O)(=O)N1CCC[C@@H]1C(=O)O. The van der Waals surface area contributed by atoms with Crippen molar-refractivity contribution >= 4 is 21.7 Å². The fourth-order valence-corrected chi connectivity index (χ4v) is 4.21. The van der Waals surface area contributed by atoms with Crippen LogP contribution < -0.4 is 0 Å². The number of aliphatic carboxylic acids is 1. The minimum atomic E-state index is -4.31. The molecule has 0 unspecified atom stereocenters. The van der Waals surface area contributed by atoms with E-state index < -0.39 is 43.1 Å². The molecule has 0 aromatic heterocycles. The summed E-state index contributed by atoms with van der Waals surface area (Å²) < 4.78 is 26.0. The lowest BCUT2D eigenvalue weighted by atomic mass is 10.2. The highest BCUT2D eigenvalue weighted by Gasteiger charge is 2.41. The van der Waals surface area contributed by atoms with Gasteiger partial charge in [0.15, 0.2) is 0 Å². The Hall–Kier alpha value is -2.51. The van der Waals surface area contributed by atoms with Crippen LogP contribution in [0.25, 0.3) is 0 Å². The third-order valence-electron chi connectivity index (χ3n) is 3.39. The van der Waals surface area contributed by atoms with Crippen LogP contribution in [0.15, 0.2) is 23.1 Å². The van der Waals surface area contributed by atoms with Crippen LogP contribution in [-0.4, -0.2) is 41.3 Å². The summed E-state index contributed by atoms with van der Waals surface area (Å²) >= 11 is 0. The van der Waals surface area contributed by atoms with Crippen LogP contribution in [0.5, 0.6) is 0 Å². The van der Waals surface area contributed by atoms with Gasteiger partial charge in [0.05, 0.1) is 4.92 Å². The topological polar surface area (TPSA) is 142 Å². The number of hydrogen-bond donors (Lipinski definition) is 1. The van der Waals surface area contributed by atoms with Crippen molar-refractivity contribution in [1.82, 2.24) is 4.31 Å². The van der Waals surface area contributed by atoms with Gasteiger partial charge < -0.3 is 5.11 Å². The number of benzene rings is 1. The van der Waals surface area contributed by atoms with Crippen LogP contribution >= 0.6 is 0 Å². The van der Waals surface area contributed by atoms with Gasteiger partial charge in [-0.2, -0.15) is 9.57 Å². The second kappa shape index (κ2) is 5.70. The summed E-state index contributed by atoms with van der Waals surface area (Å²) in [5, 5.41) is 29.1. The van der Waals surface area contributed by atoms with Crippen molar-refractivity contribution in [3.63, 3.8) is 0 Å². The number of hydrogen-bond acceptors (Lipinski definition) is 6. The van der Waals surface area contributed by atoms with Crippen molar-refractivity contribution in [2.24, 2.45) is 0 Å². The van der Waals surface area contributed by atoms with E-state index in [1.807, 2.05) is 0 Å².